The van der Waals surface area contributed by atoms with E-state index in [9.17, 15) is 0 Å². The van der Waals surface area contributed by atoms with Crippen molar-refractivity contribution in [1.29, 1.82) is 0 Å². The Kier molecular flexibility index (Phi) is 4.72. The van der Waals surface area contributed by atoms with Crippen LogP contribution in [0.3, 0.4) is 0 Å². The second kappa shape index (κ2) is 5.85. The van der Waals surface area contributed by atoms with Crippen LogP contribution in [0.5, 0.6) is 0 Å². The highest BCUT2D eigenvalue weighted by molar-refractivity contribution is 5.24. The second-order valence-electron chi connectivity index (χ2n) is 4.34. The van der Waals surface area contributed by atoms with Gasteiger partial charge in [-0.3, -0.25) is 0 Å². The Hall–Kier alpha value is -0.780. The zero-order valence-corrected chi connectivity index (χ0v) is 9.50. The van der Waals surface area contributed by atoms with Crippen LogP contribution < -0.4 is 0 Å². The van der Waals surface area contributed by atoms with Gasteiger partial charge in [0, 0.05) is 0 Å². The van der Waals surface area contributed by atoms with Crippen molar-refractivity contribution >= 4 is 0 Å². The lowest BCUT2D eigenvalue weighted by atomic mass is 9.79. The van der Waals surface area contributed by atoms with Crippen molar-refractivity contribution in [3.63, 3.8) is 0 Å². The number of allylic oxidation sites excluding steroid dienone is 5. The monoisotopic (exact) mass is 190 g/mol. The van der Waals surface area contributed by atoms with E-state index < -0.39 is 0 Å². The predicted octanol–water partition coefficient (Wildman–Crippen LogP) is 4.50. The van der Waals surface area contributed by atoms with Crippen molar-refractivity contribution in [3.05, 3.63) is 36.5 Å². The molecule has 1 fully saturated rings. The molecule has 0 radical (unpaired) electrons. The first-order valence-corrected chi connectivity index (χ1v) is 5.73. The molecule has 0 saturated heterocycles. The molecule has 0 spiro atoms. The quantitative estimate of drug-likeness (QED) is 0.575. The minimum atomic E-state index is 0.799. The molecule has 0 aromatic heterocycles. The molecule has 0 aromatic carbocycles. The molecule has 1 aliphatic carbocycles. The summed E-state index contributed by atoms with van der Waals surface area (Å²) in [5.41, 5.74) is 1.50. The minimum Gasteiger partial charge on any atom is -0.0991 e. The van der Waals surface area contributed by atoms with Crippen LogP contribution in [0.1, 0.15) is 39.5 Å². The van der Waals surface area contributed by atoms with Gasteiger partial charge < -0.3 is 0 Å². The van der Waals surface area contributed by atoms with E-state index in [1.807, 2.05) is 12.2 Å². The second-order valence-corrected chi connectivity index (χ2v) is 4.34. The smallest absolute Gasteiger partial charge is 0.0165 e. The van der Waals surface area contributed by atoms with E-state index in [1.54, 1.807) is 0 Å². The van der Waals surface area contributed by atoms with Gasteiger partial charge in [-0.05, 0) is 37.2 Å². The summed E-state index contributed by atoms with van der Waals surface area (Å²) in [6.45, 7) is 8.22. The van der Waals surface area contributed by atoms with E-state index in [0.29, 0.717) is 0 Å². The molecule has 0 unspecified atom stereocenters. The molecular formula is C14H22. The van der Waals surface area contributed by atoms with Gasteiger partial charge in [0.05, 0.1) is 0 Å². The van der Waals surface area contributed by atoms with Crippen molar-refractivity contribution in [1.82, 2.24) is 0 Å². The van der Waals surface area contributed by atoms with Crippen LogP contribution in [-0.2, 0) is 0 Å². The lowest BCUT2D eigenvalue weighted by molar-refractivity contribution is 0.323. The van der Waals surface area contributed by atoms with Gasteiger partial charge in [-0.15, -0.1) is 0 Å². The first-order valence-electron chi connectivity index (χ1n) is 5.73. The van der Waals surface area contributed by atoms with E-state index in [-0.39, 0.29) is 0 Å². The lowest BCUT2D eigenvalue weighted by Crippen LogP contribution is -2.13. The maximum absolute atomic E-state index is 3.71. The van der Waals surface area contributed by atoms with Crippen molar-refractivity contribution in [2.45, 2.75) is 39.5 Å². The van der Waals surface area contributed by atoms with Crippen LogP contribution in [0.2, 0.25) is 0 Å². The highest BCUT2D eigenvalue weighted by Gasteiger charge is 2.19. The maximum Gasteiger partial charge on any atom is -0.0165 e. The van der Waals surface area contributed by atoms with Gasteiger partial charge in [0.2, 0.25) is 0 Å². The third-order valence-corrected chi connectivity index (χ3v) is 3.25. The van der Waals surface area contributed by atoms with Gasteiger partial charge in [0.1, 0.15) is 0 Å². The highest BCUT2D eigenvalue weighted by Crippen LogP contribution is 2.33. The highest BCUT2D eigenvalue weighted by atomic mass is 14.2. The molecular weight excluding hydrogens is 168 g/mol. The Balaban J connectivity index is 2.54. The molecule has 0 heteroatoms. The maximum atomic E-state index is 3.71. The molecule has 0 atom stereocenters. The van der Waals surface area contributed by atoms with Gasteiger partial charge in [0.15, 0.2) is 0 Å². The summed E-state index contributed by atoms with van der Waals surface area (Å²) in [6, 6.07) is 0. The van der Waals surface area contributed by atoms with Gasteiger partial charge in [0.25, 0.3) is 0 Å². The minimum absolute atomic E-state index is 0.799. The molecule has 0 aliphatic heterocycles. The number of hydrogen-bond acceptors (Lipinski definition) is 0. The molecule has 1 saturated carbocycles. The summed E-state index contributed by atoms with van der Waals surface area (Å²) in [6.07, 6.45) is 13.9. The van der Waals surface area contributed by atoms with Gasteiger partial charge in [-0.1, -0.05) is 50.6 Å². The topological polar surface area (TPSA) is 0 Å². The summed E-state index contributed by atoms with van der Waals surface area (Å²) >= 11 is 0. The Morgan fingerprint density at radius 2 is 1.86 bits per heavy atom. The van der Waals surface area contributed by atoms with Crippen LogP contribution in [0.15, 0.2) is 36.5 Å². The largest absolute Gasteiger partial charge is 0.0991 e. The third kappa shape index (κ3) is 3.17. The summed E-state index contributed by atoms with van der Waals surface area (Å²) < 4.78 is 0. The molecule has 0 N–H and O–H groups in total. The summed E-state index contributed by atoms with van der Waals surface area (Å²) in [7, 11) is 0. The molecule has 0 heterocycles. The fourth-order valence-electron chi connectivity index (χ4n) is 2.24. The molecule has 0 aromatic rings. The van der Waals surface area contributed by atoms with Crippen LogP contribution in [0, 0.1) is 11.8 Å². The zero-order chi connectivity index (χ0) is 10.4. The van der Waals surface area contributed by atoms with Gasteiger partial charge in [-0.2, -0.15) is 0 Å². The fourth-order valence-corrected chi connectivity index (χ4v) is 2.24. The molecule has 0 amide bonds. The molecule has 1 aliphatic rings. The summed E-state index contributed by atoms with van der Waals surface area (Å²) in [4.78, 5) is 0. The average Bonchev–Trinajstić information content (AvgIpc) is 2.21. The first-order chi connectivity index (χ1) is 6.77. The van der Waals surface area contributed by atoms with Crippen molar-refractivity contribution in [2.24, 2.45) is 11.8 Å². The Morgan fingerprint density at radius 3 is 2.36 bits per heavy atom. The third-order valence-electron chi connectivity index (χ3n) is 3.25. The van der Waals surface area contributed by atoms with E-state index in [4.69, 9.17) is 0 Å². The van der Waals surface area contributed by atoms with Crippen molar-refractivity contribution in [3.8, 4) is 0 Å². The first kappa shape index (κ1) is 11.3. The average molecular weight is 190 g/mol. The Labute approximate surface area is 88.4 Å². The zero-order valence-electron chi connectivity index (χ0n) is 9.50. The Bertz CT molecular complexity index is 224. The normalized spacial score (nSPS) is 29.4. The van der Waals surface area contributed by atoms with E-state index in [2.05, 4.69) is 32.6 Å². The SMILES string of the molecule is C=C/C=C\C(=C/C)C1CCC(C)CC1. The predicted molar refractivity (Wildman–Crippen MR) is 64.2 cm³/mol. The summed E-state index contributed by atoms with van der Waals surface area (Å²) in [5, 5.41) is 0. The van der Waals surface area contributed by atoms with Gasteiger partial charge in [-0.25, -0.2) is 0 Å². The van der Waals surface area contributed by atoms with E-state index in [1.165, 1.54) is 31.3 Å². The Morgan fingerprint density at radius 1 is 1.21 bits per heavy atom. The standard InChI is InChI=1S/C14H22/c1-4-6-7-13(5-2)14-10-8-12(3)9-11-14/h4-7,12,14H,1,8-11H2,2-3H3/b7-6-,13-5+. The molecule has 78 valence electrons. The van der Waals surface area contributed by atoms with Crippen LogP contribution in [0.25, 0.3) is 0 Å². The lowest BCUT2D eigenvalue weighted by Gasteiger charge is -2.27. The van der Waals surface area contributed by atoms with E-state index >= 15 is 0 Å². The molecule has 14 heavy (non-hydrogen) atoms. The molecule has 1 rings (SSSR count). The van der Waals surface area contributed by atoms with Crippen LogP contribution >= 0.6 is 0 Å². The van der Waals surface area contributed by atoms with Crippen molar-refractivity contribution in [2.75, 3.05) is 0 Å². The van der Waals surface area contributed by atoms with Crippen LogP contribution in [-0.4, -0.2) is 0 Å². The molecule has 0 bridgehead atoms. The fraction of sp³-hybridized carbons (Fsp3) is 0.571. The number of rotatable bonds is 3. The van der Waals surface area contributed by atoms with Gasteiger partial charge >= 0.3 is 0 Å². The van der Waals surface area contributed by atoms with Crippen LogP contribution in [0.4, 0.5) is 0 Å². The summed E-state index contributed by atoms with van der Waals surface area (Å²) in [5.74, 6) is 1.74. The number of hydrogen-bond donors (Lipinski definition) is 0. The molecule has 0 nitrogen and oxygen atoms in total. The van der Waals surface area contributed by atoms with E-state index in [0.717, 1.165) is 11.8 Å². The van der Waals surface area contributed by atoms with Crippen molar-refractivity contribution < 1.29 is 0 Å².